The number of ketones is 1. The predicted molar refractivity (Wildman–Crippen MR) is 47.3 cm³/mol. The van der Waals surface area contributed by atoms with E-state index < -0.39 is 0 Å². The van der Waals surface area contributed by atoms with Gasteiger partial charge in [0.05, 0.1) is 19.6 Å². The van der Waals surface area contributed by atoms with Crippen LogP contribution in [0.1, 0.15) is 19.3 Å². The molecule has 14 heavy (non-hydrogen) atoms. The molecule has 0 saturated heterocycles. The van der Waals surface area contributed by atoms with Gasteiger partial charge in [-0.1, -0.05) is 0 Å². The normalized spacial score (nSPS) is 25.8. The minimum atomic E-state index is -0.386. The summed E-state index contributed by atoms with van der Waals surface area (Å²) >= 11 is 0. The Morgan fingerprint density at radius 3 is 3.07 bits per heavy atom. The molecule has 0 aromatic heterocycles. The van der Waals surface area contributed by atoms with E-state index in [9.17, 15) is 9.59 Å². The SMILES string of the molecule is COC(=O)[C@@H]1CC(=O)C2=C1CCCO2. The lowest BCUT2D eigenvalue weighted by molar-refractivity contribution is -0.144. The van der Waals surface area contributed by atoms with Crippen LogP contribution in [0.15, 0.2) is 11.3 Å². The number of ether oxygens (including phenoxy) is 2. The van der Waals surface area contributed by atoms with E-state index in [1.165, 1.54) is 7.11 Å². The van der Waals surface area contributed by atoms with Gasteiger partial charge in [-0.05, 0) is 18.4 Å². The topological polar surface area (TPSA) is 52.6 Å². The van der Waals surface area contributed by atoms with Crippen molar-refractivity contribution in [3.05, 3.63) is 11.3 Å². The van der Waals surface area contributed by atoms with E-state index in [1.807, 2.05) is 0 Å². The zero-order chi connectivity index (χ0) is 10.1. The molecule has 4 nitrogen and oxygen atoms in total. The molecule has 2 rings (SSSR count). The molecule has 1 atom stereocenters. The molecule has 0 aromatic rings. The Morgan fingerprint density at radius 1 is 1.57 bits per heavy atom. The molecule has 76 valence electrons. The molecule has 0 fully saturated rings. The van der Waals surface area contributed by atoms with Crippen LogP contribution < -0.4 is 0 Å². The summed E-state index contributed by atoms with van der Waals surface area (Å²) in [6.07, 6.45) is 1.87. The summed E-state index contributed by atoms with van der Waals surface area (Å²) in [5.41, 5.74) is 0.841. The van der Waals surface area contributed by atoms with Crippen molar-refractivity contribution in [3.63, 3.8) is 0 Å². The smallest absolute Gasteiger partial charge is 0.313 e. The first-order valence-electron chi connectivity index (χ1n) is 4.71. The van der Waals surface area contributed by atoms with Gasteiger partial charge in [-0.15, -0.1) is 0 Å². The molecule has 0 N–H and O–H groups in total. The molecule has 0 saturated carbocycles. The summed E-state index contributed by atoms with van der Waals surface area (Å²) in [7, 11) is 1.34. The number of allylic oxidation sites excluding steroid dienone is 1. The van der Waals surface area contributed by atoms with Crippen LogP contribution in [0.2, 0.25) is 0 Å². The number of Topliss-reactive ketones (excluding diaryl/α,β-unsaturated/α-hetero) is 1. The van der Waals surface area contributed by atoms with Crippen LogP contribution in [-0.4, -0.2) is 25.5 Å². The van der Waals surface area contributed by atoms with Crippen LogP contribution in [-0.2, 0) is 19.1 Å². The fourth-order valence-corrected chi connectivity index (χ4v) is 2.00. The second-order valence-electron chi connectivity index (χ2n) is 3.51. The quantitative estimate of drug-likeness (QED) is 0.582. The summed E-state index contributed by atoms with van der Waals surface area (Å²) in [5, 5.41) is 0. The van der Waals surface area contributed by atoms with Crippen molar-refractivity contribution in [2.24, 2.45) is 5.92 Å². The van der Waals surface area contributed by atoms with Crippen molar-refractivity contribution in [1.29, 1.82) is 0 Å². The Bertz CT molecular complexity index is 316. The van der Waals surface area contributed by atoms with Gasteiger partial charge in [-0.25, -0.2) is 0 Å². The predicted octanol–water partition coefficient (Wildman–Crippen LogP) is 0.813. The molecule has 0 bridgehead atoms. The molecular weight excluding hydrogens is 184 g/mol. The summed E-state index contributed by atoms with van der Waals surface area (Å²) in [6, 6.07) is 0. The molecule has 0 aromatic carbocycles. The molecule has 2 aliphatic rings. The number of carbonyl (C=O) groups is 2. The number of hydrogen-bond donors (Lipinski definition) is 0. The van der Waals surface area contributed by atoms with Crippen molar-refractivity contribution in [2.75, 3.05) is 13.7 Å². The molecule has 0 radical (unpaired) electrons. The Morgan fingerprint density at radius 2 is 2.36 bits per heavy atom. The summed E-state index contributed by atoms with van der Waals surface area (Å²) in [4.78, 5) is 22.8. The van der Waals surface area contributed by atoms with Gasteiger partial charge in [-0.3, -0.25) is 9.59 Å². The van der Waals surface area contributed by atoms with Gasteiger partial charge < -0.3 is 9.47 Å². The number of rotatable bonds is 1. The second kappa shape index (κ2) is 3.44. The van der Waals surface area contributed by atoms with Crippen LogP contribution in [0.5, 0.6) is 0 Å². The van der Waals surface area contributed by atoms with Crippen LogP contribution in [0.3, 0.4) is 0 Å². The molecule has 1 heterocycles. The average Bonchev–Trinajstić information content (AvgIpc) is 2.56. The van der Waals surface area contributed by atoms with E-state index in [0.717, 1.165) is 18.4 Å². The monoisotopic (exact) mass is 196 g/mol. The molecule has 0 amide bonds. The molecule has 1 aliphatic carbocycles. The van der Waals surface area contributed by atoms with E-state index in [1.54, 1.807) is 0 Å². The van der Waals surface area contributed by atoms with Gasteiger partial charge in [0.25, 0.3) is 0 Å². The molecular formula is C10H12O4. The molecule has 4 heteroatoms. The lowest BCUT2D eigenvalue weighted by Crippen LogP contribution is -2.17. The highest BCUT2D eigenvalue weighted by atomic mass is 16.5. The third-order valence-electron chi connectivity index (χ3n) is 2.68. The zero-order valence-electron chi connectivity index (χ0n) is 8.04. The molecule has 0 spiro atoms. The maximum atomic E-state index is 11.4. The molecule has 1 aliphatic heterocycles. The largest absolute Gasteiger partial charge is 0.490 e. The third kappa shape index (κ3) is 1.31. The highest BCUT2D eigenvalue weighted by molar-refractivity contribution is 6.01. The number of methoxy groups -OCH3 is 1. The average molecular weight is 196 g/mol. The van der Waals surface area contributed by atoms with Gasteiger partial charge in [0, 0.05) is 6.42 Å². The van der Waals surface area contributed by atoms with Gasteiger partial charge in [0.1, 0.15) is 0 Å². The van der Waals surface area contributed by atoms with Gasteiger partial charge in [0.15, 0.2) is 11.5 Å². The number of carbonyl (C=O) groups excluding carboxylic acids is 2. The van der Waals surface area contributed by atoms with Crippen molar-refractivity contribution in [3.8, 4) is 0 Å². The maximum Gasteiger partial charge on any atom is 0.313 e. The Labute approximate surface area is 81.9 Å². The fourth-order valence-electron chi connectivity index (χ4n) is 2.00. The van der Waals surface area contributed by atoms with Crippen LogP contribution in [0.4, 0.5) is 0 Å². The number of esters is 1. The fraction of sp³-hybridized carbons (Fsp3) is 0.600. The van der Waals surface area contributed by atoms with Gasteiger partial charge in [0.2, 0.25) is 0 Å². The summed E-state index contributed by atoms with van der Waals surface area (Å²) in [6.45, 7) is 0.582. The first kappa shape index (κ1) is 9.24. The standard InChI is InChI=1S/C10H12O4/c1-13-10(12)7-5-8(11)9-6(7)3-2-4-14-9/h7H,2-5H2,1H3/t7-/m1/s1. The summed E-state index contributed by atoms with van der Waals surface area (Å²) in [5.74, 6) is -0.349. The van der Waals surface area contributed by atoms with E-state index in [2.05, 4.69) is 4.74 Å². The number of hydrogen-bond acceptors (Lipinski definition) is 4. The van der Waals surface area contributed by atoms with Crippen molar-refractivity contribution in [2.45, 2.75) is 19.3 Å². The molecule has 0 unspecified atom stereocenters. The van der Waals surface area contributed by atoms with Gasteiger partial charge in [-0.2, -0.15) is 0 Å². The Hall–Kier alpha value is -1.32. The lowest BCUT2D eigenvalue weighted by atomic mass is 9.97. The van der Waals surface area contributed by atoms with Gasteiger partial charge >= 0.3 is 5.97 Å². The first-order chi connectivity index (χ1) is 6.74. The van der Waals surface area contributed by atoms with Crippen molar-refractivity contribution >= 4 is 11.8 Å². The maximum absolute atomic E-state index is 11.4. The highest BCUT2D eigenvalue weighted by Gasteiger charge is 2.39. The first-order valence-corrected chi connectivity index (χ1v) is 4.71. The van der Waals surface area contributed by atoms with E-state index in [0.29, 0.717) is 12.4 Å². The highest BCUT2D eigenvalue weighted by Crippen LogP contribution is 2.36. The lowest BCUT2D eigenvalue weighted by Gasteiger charge is -2.17. The van der Waals surface area contributed by atoms with E-state index in [4.69, 9.17) is 4.74 Å². The summed E-state index contributed by atoms with van der Waals surface area (Å²) < 4.78 is 9.91. The second-order valence-corrected chi connectivity index (χ2v) is 3.51. The Balaban J connectivity index is 2.27. The van der Waals surface area contributed by atoms with Crippen LogP contribution in [0, 0.1) is 5.92 Å². The van der Waals surface area contributed by atoms with Crippen molar-refractivity contribution < 1.29 is 19.1 Å². The minimum absolute atomic E-state index is 0.0601. The van der Waals surface area contributed by atoms with E-state index in [-0.39, 0.29) is 24.1 Å². The third-order valence-corrected chi connectivity index (χ3v) is 2.68. The Kier molecular flexibility index (Phi) is 2.27. The zero-order valence-corrected chi connectivity index (χ0v) is 8.04. The van der Waals surface area contributed by atoms with E-state index >= 15 is 0 Å². The van der Waals surface area contributed by atoms with Crippen LogP contribution >= 0.6 is 0 Å². The van der Waals surface area contributed by atoms with Crippen LogP contribution in [0.25, 0.3) is 0 Å². The van der Waals surface area contributed by atoms with Crippen molar-refractivity contribution in [1.82, 2.24) is 0 Å². The minimum Gasteiger partial charge on any atom is -0.490 e.